The van der Waals surface area contributed by atoms with Crippen molar-refractivity contribution in [3.8, 4) is 0 Å². The van der Waals surface area contributed by atoms with Gasteiger partial charge in [-0.1, -0.05) is 0 Å². The molecule has 6 heteroatoms. The second kappa shape index (κ2) is 3.47. The molecule has 0 unspecified atom stereocenters. The number of nitrogens with zero attached hydrogens (tertiary/aromatic N) is 1. The van der Waals surface area contributed by atoms with Crippen molar-refractivity contribution in [1.82, 2.24) is 0 Å². The van der Waals surface area contributed by atoms with E-state index in [4.69, 9.17) is 4.42 Å². The molecule has 0 saturated carbocycles. The Bertz CT molecular complexity index is 605. The number of hydrogen-bond donors (Lipinski definition) is 0. The third-order valence-electron chi connectivity index (χ3n) is 1.87. The smallest absolute Gasteiger partial charge is 0.336 e. The van der Waals surface area contributed by atoms with E-state index >= 15 is 0 Å². The number of fused-ring (bicyclic) bond motifs is 1. The molecule has 0 saturated heterocycles. The molecule has 0 amide bonds. The molecule has 0 fully saturated rings. The van der Waals surface area contributed by atoms with Gasteiger partial charge in [0.25, 0.3) is 5.69 Å². The van der Waals surface area contributed by atoms with Gasteiger partial charge in [-0.3, -0.25) is 10.1 Å². The van der Waals surface area contributed by atoms with Crippen molar-refractivity contribution in [2.75, 3.05) is 0 Å². The van der Waals surface area contributed by atoms with Crippen LogP contribution in [-0.2, 0) is 0 Å². The standard InChI is InChI=1S/C9H4BrNO4/c10-7-4-6(11(13)14)3-5-1-2-8(12)15-9(5)7/h1-4H. The fourth-order valence-corrected chi connectivity index (χ4v) is 1.77. The predicted molar refractivity (Wildman–Crippen MR) is 56.8 cm³/mol. The first kappa shape index (κ1) is 9.85. The Morgan fingerprint density at radius 1 is 1.33 bits per heavy atom. The van der Waals surface area contributed by atoms with Crippen LogP contribution in [0.2, 0.25) is 0 Å². The van der Waals surface area contributed by atoms with Gasteiger partial charge < -0.3 is 4.42 Å². The minimum Gasteiger partial charge on any atom is -0.422 e. The highest BCUT2D eigenvalue weighted by atomic mass is 79.9. The second-order valence-electron chi connectivity index (χ2n) is 2.86. The van der Waals surface area contributed by atoms with E-state index in [1.807, 2.05) is 0 Å². The van der Waals surface area contributed by atoms with Gasteiger partial charge in [-0.05, 0) is 22.0 Å². The van der Waals surface area contributed by atoms with Crippen molar-refractivity contribution in [3.63, 3.8) is 0 Å². The minimum absolute atomic E-state index is 0.0526. The molecule has 76 valence electrons. The maximum Gasteiger partial charge on any atom is 0.336 e. The lowest BCUT2D eigenvalue weighted by molar-refractivity contribution is -0.384. The monoisotopic (exact) mass is 269 g/mol. The molecule has 2 rings (SSSR count). The van der Waals surface area contributed by atoms with E-state index in [0.29, 0.717) is 15.4 Å². The molecule has 2 aromatic rings. The van der Waals surface area contributed by atoms with Gasteiger partial charge in [-0.25, -0.2) is 4.79 Å². The van der Waals surface area contributed by atoms with Gasteiger partial charge in [-0.15, -0.1) is 0 Å². The fraction of sp³-hybridized carbons (Fsp3) is 0. The summed E-state index contributed by atoms with van der Waals surface area (Å²) in [6, 6.07) is 5.35. The summed E-state index contributed by atoms with van der Waals surface area (Å²) in [6.07, 6.45) is 0. The van der Waals surface area contributed by atoms with E-state index in [1.165, 1.54) is 24.3 Å². The van der Waals surface area contributed by atoms with E-state index in [-0.39, 0.29) is 5.69 Å². The van der Waals surface area contributed by atoms with Gasteiger partial charge in [0.2, 0.25) is 0 Å². The fourth-order valence-electron chi connectivity index (χ4n) is 1.23. The Morgan fingerprint density at radius 3 is 2.73 bits per heavy atom. The number of nitro groups is 1. The van der Waals surface area contributed by atoms with Gasteiger partial charge in [0.1, 0.15) is 0 Å². The third kappa shape index (κ3) is 1.75. The van der Waals surface area contributed by atoms with Crippen LogP contribution in [0.5, 0.6) is 0 Å². The molecule has 0 N–H and O–H groups in total. The number of rotatable bonds is 1. The maximum atomic E-state index is 10.9. The average molecular weight is 270 g/mol. The maximum absolute atomic E-state index is 10.9. The van der Waals surface area contributed by atoms with Crippen LogP contribution in [0.4, 0.5) is 5.69 Å². The Balaban J connectivity index is 2.84. The largest absolute Gasteiger partial charge is 0.422 e. The molecule has 1 aromatic heterocycles. The molecule has 15 heavy (non-hydrogen) atoms. The molecule has 0 spiro atoms. The van der Waals surface area contributed by atoms with Crippen molar-refractivity contribution in [2.24, 2.45) is 0 Å². The molecule has 5 nitrogen and oxygen atoms in total. The normalized spacial score (nSPS) is 10.5. The number of hydrogen-bond acceptors (Lipinski definition) is 4. The van der Waals surface area contributed by atoms with Gasteiger partial charge >= 0.3 is 5.63 Å². The molecule has 0 aliphatic carbocycles. The summed E-state index contributed by atoms with van der Waals surface area (Å²) in [6.45, 7) is 0. The van der Waals surface area contributed by atoms with Crippen LogP contribution >= 0.6 is 15.9 Å². The van der Waals surface area contributed by atoms with E-state index in [9.17, 15) is 14.9 Å². The summed E-state index contributed by atoms with van der Waals surface area (Å²) in [5, 5.41) is 11.1. The Kier molecular flexibility index (Phi) is 2.28. The average Bonchev–Trinajstić information content (AvgIpc) is 2.18. The predicted octanol–water partition coefficient (Wildman–Crippen LogP) is 2.46. The zero-order valence-electron chi connectivity index (χ0n) is 7.27. The molecule has 0 bridgehead atoms. The molecule has 0 atom stereocenters. The van der Waals surface area contributed by atoms with Crippen molar-refractivity contribution in [3.05, 3.63) is 49.3 Å². The van der Waals surface area contributed by atoms with Gasteiger partial charge in [0.05, 0.1) is 9.40 Å². The molecule has 0 aliphatic heterocycles. The summed E-state index contributed by atoms with van der Waals surface area (Å²) < 4.78 is 5.30. The zero-order chi connectivity index (χ0) is 11.0. The minimum atomic E-state index is -0.505. The van der Waals surface area contributed by atoms with Crippen LogP contribution in [0.15, 0.2) is 37.9 Å². The van der Waals surface area contributed by atoms with Gasteiger partial charge in [-0.2, -0.15) is 0 Å². The first-order valence-electron chi connectivity index (χ1n) is 3.96. The molecule has 1 heterocycles. The van der Waals surface area contributed by atoms with Crippen molar-refractivity contribution in [2.45, 2.75) is 0 Å². The van der Waals surface area contributed by atoms with E-state index < -0.39 is 10.5 Å². The van der Waals surface area contributed by atoms with Crippen molar-refractivity contribution >= 4 is 32.6 Å². The first-order chi connectivity index (χ1) is 7.08. The molecular formula is C9H4BrNO4. The number of nitro benzene ring substituents is 1. The molecular weight excluding hydrogens is 266 g/mol. The highest BCUT2D eigenvalue weighted by Crippen LogP contribution is 2.28. The van der Waals surface area contributed by atoms with Crippen LogP contribution in [0.1, 0.15) is 0 Å². The summed E-state index contributed by atoms with van der Waals surface area (Å²) in [4.78, 5) is 21.0. The van der Waals surface area contributed by atoms with E-state index in [0.717, 1.165) is 0 Å². The van der Waals surface area contributed by atoms with Crippen LogP contribution in [0, 0.1) is 10.1 Å². The summed E-state index contributed by atoms with van der Waals surface area (Å²) in [7, 11) is 0. The Morgan fingerprint density at radius 2 is 2.07 bits per heavy atom. The Hall–Kier alpha value is -1.69. The topological polar surface area (TPSA) is 73.3 Å². The lowest BCUT2D eigenvalue weighted by atomic mass is 10.2. The van der Waals surface area contributed by atoms with Crippen LogP contribution < -0.4 is 5.63 Å². The van der Waals surface area contributed by atoms with Crippen LogP contribution in [-0.4, -0.2) is 4.92 Å². The number of non-ortho nitro benzene ring substituents is 1. The highest BCUT2D eigenvalue weighted by Gasteiger charge is 2.11. The summed E-state index contributed by atoms with van der Waals surface area (Å²) in [5.41, 5.74) is -0.228. The first-order valence-corrected chi connectivity index (χ1v) is 4.75. The second-order valence-corrected chi connectivity index (χ2v) is 3.71. The summed E-state index contributed by atoms with van der Waals surface area (Å²) in [5.74, 6) is 0. The number of halogens is 1. The quantitative estimate of drug-likeness (QED) is 0.453. The van der Waals surface area contributed by atoms with Gasteiger partial charge in [0, 0.05) is 23.6 Å². The third-order valence-corrected chi connectivity index (χ3v) is 2.46. The SMILES string of the molecule is O=c1ccc2cc([N+](=O)[O-])cc(Br)c2o1. The van der Waals surface area contributed by atoms with Crippen molar-refractivity contribution < 1.29 is 9.34 Å². The number of benzene rings is 1. The summed E-state index contributed by atoms with van der Waals surface area (Å²) >= 11 is 3.11. The zero-order valence-corrected chi connectivity index (χ0v) is 8.85. The molecule has 0 aliphatic rings. The lowest BCUT2D eigenvalue weighted by Crippen LogP contribution is -1.96. The van der Waals surface area contributed by atoms with Crippen LogP contribution in [0.25, 0.3) is 11.0 Å². The lowest BCUT2D eigenvalue weighted by Gasteiger charge is -1.98. The molecule has 1 aromatic carbocycles. The highest BCUT2D eigenvalue weighted by molar-refractivity contribution is 9.10. The van der Waals surface area contributed by atoms with E-state index in [1.54, 1.807) is 0 Å². The van der Waals surface area contributed by atoms with Crippen LogP contribution in [0.3, 0.4) is 0 Å². The van der Waals surface area contributed by atoms with Crippen molar-refractivity contribution in [1.29, 1.82) is 0 Å². The van der Waals surface area contributed by atoms with Gasteiger partial charge in [0.15, 0.2) is 5.58 Å². The Labute approximate surface area is 91.6 Å². The molecule has 0 radical (unpaired) electrons. The van der Waals surface area contributed by atoms with E-state index in [2.05, 4.69) is 15.9 Å².